The van der Waals surface area contributed by atoms with Crippen LogP contribution in [-0.4, -0.2) is 135 Å². The Morgan fingerprint density at radius 2 is 1.18 bits per heavy atom. The summed E-state index contributed by atoms with van der Waals surface area (Å²) >= 11 is 0. The minimum Gasteiger partial charge on any atom is -0.358 e. The van der Waals surface area contributed by atoms with Crippen LogP contribution in [0, 0.1) is 17.8 Å². The van der Waals surface area contributed by atoms with Gasteiger partial charge in [0.05, 0.1) is 6.54 Å². The number of carbonyl (C=O) groups excluding carboxylic acids is 2. The summed E-state index contributed by atoms with van der Waals surface area (Å²) in [4.78, 5) is 37.0. The number of nitrogens with zero attached hydrogens (tertiary/aromatic N) is 5. The zero-order chi connectivity index (χ0) is 27.6. The molecule has 0 unspecified atom stereocenters. The molecule has 0 spiro atoms. The molecule has 4 rings (SSSR count). The highest BCUT2D eigenvalue weighted by molar-refractivity contribution is 5.77. The summed E-state index contributed by atoms with van der Waals surface area (Å²) in [5, 5.41) is 2.73. The third-order valence-electron chi connectivity index (χ3n) is 10.5. The molecule has 8 heteroatoms. The van der Waals surface area contributed by atoms with E-state index >= 15 is 0 Å². The second kappa shape index (κ2) is 15.7. The second-order valence-electron chi connectivity index (χ2n) is 13.3. The lowest BCUT2D eigenvalue weighted by atomic mass is 9.92. The van der Waals surface area contributed by atoms with Crippen molar-refractivity contribution in [2.24, 2.45) is 17.8 Å². The van der Waals surface area contributed by atoms with Gasteiger partial charge in [-0.15, -0.1) is 0 Å². The Bertz CT molecular complexity index is 733. The van der Waals surface area contributed by atoms with E-state index in [0.29, 0.717) is 24.4 Å². The Kier molecular flexibility index (Phi) is 12.4. The number of hydrogen-bond acceptors (Lipinski definition) is 6. The molecule has 0 aliphatic carbocycles. The topological polar surface area (TPSA) is 62.4 Å². The van der Waals surface area contributed by atoms with Crippen LogP contribution in [0.5, 0.6) is 0 Å². The summed E-state index contributed by atoms with van der Waals surface area (Å²) in [6.45, 7) is 15.7. The molecule has 0 radical (unpaired) electrons. The number of likely N-dealkylation sites (N-methyl/N-ethyl adjacent to an activating group) is 1. The van der Waals surface area contributed by atoms with Crippen molar-refractivity contribution >= 4 is 11.8 Å². The Morgan fingerprint density at radius 1 is 0.692 bits per heavy atom. The first-order chi connectivity index (χ1) is 18.9. The molecule has 0 atom stereocenters. The van der Waals surface area contributed by atoms with Crippen LogP contribution in [0.3, 0.4) is 0 Å². The fraction of sp³-hybridized carbons (Fsp3) is 0.935. The highest BCUT2D eigenvalue weighted by atomic mass is 16.2. The Hall–Kier alpha value is -1.22. The quantitative estimate of drug-likeness (QED) is 0.430. The second-order valence-corrected chi connectivity index (χ2v) is 13.3. The Morgan fingerprint density at radius 3 is 1.77 bits per heavy atom. The van der Waals surface area contributed by atoms with Crippen LogP contribution in [0.1, 0.15) is 71.1 Å². The highest BCUT2D eigenvalue weighted by Gasteiger charge is 2.29. The van der Waals surface area contributed by atoms with Gasteiger partial charge >= 0.3 is 0 Å². The predicted molar refractivity (Wildman–Crippen MR) is 159 cm³/mol. The van der Waals surface area contributed by atoms with Crippen molar-refractivity contribution in [2.45, 2.75) is 77.2 Å². The molecule has 8 nitrogen and oxygen atoms in total. The Balaban J connectivity index is 1.05. The predicted octanol–water partition coefficient (Wildman–Crippen LogP) is 2.59. The molecule has 4 aliphatic heterocycles. The van der Waals surface area contributed by atoms with Crippen LogP contribution in [-0.2, 0) is 9.59 Å². The lowest BCUT2D eigenvalue weighted by Gasteiger charge is -2.39. The van der Waals surface area contributed by atoms with Crippen LogP contribution < -0.4 is 5.32 Å². The van der Waals surface area contributed by atoms with E-state index in [-0.39, 0.29) is 5.91 Å². The van der Waals surface area contributed by atoms with E-state index in [4.69, 9.17) is 0 Å². The minimum atomic E-state index is 0.124. The van der Waals surface area contributed by atoms with E-state index in [2.05, 4.69) is 43.8 Å². The van der Waals surface area contributed by atoms with Crippen LogP contribution in [0.15, 0.2) is 0 Å². The van der Waals surface area contributed by atoms with Crippen LogP contribution in [0.25, 0.3) is 0 Å². The third kappa shape index (κ3) is 9.98. The molecule has 0 bridgehead atoms. The average molecular weight is 547 g/mol. The van der Waals surface area contributed by atoms with Gasteiger partial charge in [-0.2, -0.15) is 0 Å². The maximum Gasteiger partial charge on any atom is 0.233 e. The number of carbonyl (C=O) groups is 2. The van der Waals surface area contributed by atoms with Gasteiger partial charge in [0.2, 0.25) is 11.8 Å². The maximum absolute atomic E-state index is 13.1. The van der Waals surface area contributed by atoms with Crippen LogP contribution in [0.4, 0.5) is 0 Å². The van der Waals surface area contributed by atoms with Crippen molar-refractivity contribution in [1.82, 2.24) is 29.8 Å². The molecule has 39 heavy (non-hydrogen) atoms. The lowest BCUT2D eigenvalue weighted by molar-refractivity contribution is -0.134. The maximum atomic E-state index is 13.1. The van der Waals surface area contributed by atoms with Gasteiger partial charge in [0.15, 0.2) is 0 Å². The van der Waals surface area contributed by atoms with Gasteiger partial charge in [0, 0.05) is 52.7 Å². The number of nitrogens with one attached hydrogen (secondary N) is 1. The van der Waals surface area contributed by atoms with Gasteiger partial charge in [-0.05, 0) is 121 Å². The van der Waals surface area contributed by atoms with Gasteiger partial charge in [-0.25, -0.2) is 0 Å². The first-order valence-corrected chi connectivity index (χ1v) is 16.2. The summed E-state index contributed by atoms with van der Waals surface area (Å²) in [6, 6.07) is 0.411. The van der Waals surface area contributed by atoms with E-state index < -0.39 is 0 Å². The summed E-state index contributed by atoms with van der Waals surface area (Å²) < 4.78 is 0. The zero-order valence-electron chi connectivity index (χ0n) is 25.4. The van der Waals surface area contributed by atoms with Gasteiger partial charge in [0.1, 0.15) is 0 Å². The monoisotopic (exact) mass is 546 g/mol. The summed E-state index contributed by atoms with van der Waals surface area (Å²) in [5.41, 5.74) is 0. The first-order valence-electron chi connectivity index (χ1n) is 16.2. The van der Waals surface area contributed by atoms with Gasteiger partial charge in [-0.3, -0.25) is 14.5 Å². The van der Waals surface area contributed by atoms with E-state index in [1.165, 1.54) is 77.7 Å². The van der Waals surface area contributed by atoms with E-state index in [1.54, 1.807) is 7.05 Å². The van der Waals surface area contributed by atoms with Crippen molar-refractivity contribution in [3.63, 3.8) is 0 Å². The zero-order valence-corrected chi connectivity index (χ0v) is 25.4. The van der Waals surface area contributed by atoms with E-state index in [0.717, 1.165) is 70.4 Å². The smallest absolute Gasteiger partial charge is 0.233 e. The van der Waals surface area contributed by atoms with Crippen molar-refractivity contribution in [1.29, 1.82) is 0 Å². The number of amides is 2. The number of hydrogen-bond donors (Lipinski definition) is 1. The molecule has 0 aromatic rings. The first kappa shape index (κ1) is 30.7. The van der Waals surface area contributed by atoms with Crippen molar-refractivity contribution in [3.05, 3.63) is 0 Å². The molecule has 1 N–H and O–H groups in total. The largest absolute Gasteiger partial charge is 0.358 e. The van der Waals surface area contributed by atoms with Crippen molar-refractivity contribution < 1.29 is 9.59 Å². The van der Waals surface area contributed by atoms with Gasteiger partial charge in [-0.1, -0.05) is 6.92 Å². The normalized spacial score (nSPS) is 24.7. The van der Waals surface area contributed by atoms with E-state index in [1.807, 2.05) is 0 Å². The van der Waals surface area contributed by atoms with Gasteiger partial charge in [0.25, 0.3) is 0 Å². The highest BCUT2D eigenvalue weighted by Crippen LogP contribution is 2.25. The van der Waals surface area contributed by atoms with Gasteiger partial charge < -0.3 is 24.9 Å². The fourth-order valence-corrected chi connectivity index (χ4v) is 7.19. The molecule has 4 saturated heterocycles. The Labute approximate surface area is 238 Å². The summed E-state index contributed by atoms with van der Waals surface area (Å²) in [5.74, 6) is 2.75. The number of piperidine rings is 4. The standard InChI is InChI=1S/C31H58N6O2/c1-26-4-13-35(14-5-26)22-23-36-16-9-28(10-17-36)24-31(39)33(3)29-11-20-34(21-12-29)15-6-27-7-18-37(19-8-27)25-30(38)32-2/h26-29H,4-25H2,1-3H3,(H,32,38). The summed E-state index contributed by atoms with van der Waals surface area (Å²) in [7, 11) is 3.78. The van der Waals surface area contributed by atoms with Crippen molar-refractivity contribution in [2.75, 3.05) is 92.6 Å². The molecule has 224 valence electrons. The van der Waals surface area contributed by atoms with E-state index in [9.17, 15) is 9.59 Å². The SMILES string of the molecule is CNC(=O)CN1CCC(CCN2CCC(N(C)C(=O)CC3CCN(CCN4CCC(C)CC4)CC3)CC2)CC1. The molecule has 0 saturated carbocycles. The number of rotatable bonds is 11. The molecule has 2 amide bonds. The fourth-order valence-electron chi connectivity index (χ4n) is 7.19. The summed E-state index contributed by atoms with van der Waals surface area (Å²) in [6.07, 6.45) is 11.7. The number of likely N-dealkylation sites (tertiary alicyclic amines) is 4. The third-order valence-corrected chi connectivity index (χ3v) is 10.5. The molecule has 4 heterocycles. The molecule has 4 aliphatic rings. The van der Waals surface area contributed by atoms with Crippen LogP contribution in [0.2, 0.25) is 0 Å². The molecular weight excluding hydrogens is 488 g/mol. The molecule has 0 aromatic carbocycles. The minimum absolute atomic E-state index is 0.124. The lowest BCUT2D eigenvalue weighted by Crippen LogP contribution is -2.47. The van der Waals surface area contributed by atoms with Crippen LogP contribution >= 0.6 is 0 Å². The average Bonchev–Trinajstić information content (AvgIpc) is 2.97. The molecule has 4 fully saturated rings. The van der Waals surface area contributed by atoms with Crippen molar-refractivity contribution in [3.8, 4) is 0 Å². The molecule has 0 aromatic heterocycles. The molecular formula is C31H58N6O2.